The van der Waals surface area contributed by atoms with Crippen molar-refractivity contribution in [2.75, 3.05) is 0 Å². The average molecular weight is 665 g/mol. The molecule has 6 heteroatoms. The Bertz CT molecular complexity index is 2580. The summed E-state index contributed by atoms with van der Waals surface area (Å²) in [6.07, 6.45) is 13.8. The predicted molar refractivity (Wildman–Crippen MR) is 202 cm³/mol. The normalized spacial score (nSPS) is 22.4. The van der Waals surface area contributed by atoms with Crippen molar-refractivity contribution in [1.29, 1.82) is 5.26 Å². The molecule has 0 radical (unpaired) electrons. The Hall–Kier alpha value is -5.80. The van der Waals surface area contributed by atoms with Crippen molar-refractivity contribution in [2.45, 2.75) is 50.9 Å². The molecule has 4 aliphatic rings. The van der Waals surface area contributed by atoms with Crippen LogP contribution in [0.1, 0.15) is 61.0 Å². The van der Waals surface area contributed by atoms with Gasteiger partial charge < -0.3 is 8.83 Å². The summed E-state index contributed by atoms with van der Waals surface area (Å²) >= 11 is 0. The van der Waals surface area contributed by atoms with E-state index in [1.165, 1.54) is 44.1 Å². The van der Waals surface area contributed by atoms with Crippen LogP contribution in [0.25, 0.3) is 73.1 Å². The second-order valence-corrected chi connectivity index (χ2v) is 15.1. The Morgan fingerprint density at radius 3 is 2.02 bits per heavy atom. The van der Waals surface area contributed by atoms with E-state index in [9.17, 15) is 5.26 Å². The van der Waals surface area contributed by atoms with E-state index in [1.54, 1.807) is 12.1 Å². The molecule has 4 aromatic carbocycles. The first-order chi connectivity index (χ1) is 25.0. The molecular weight excluding hydrogens is 629 g/mol. The van der Waals surface area contributed by atoms with Crippen LogP contribution < -0.4 is 0 Å². The van der Waals surface area contributed by atoms with Gasteiger partial charge in [-0.3, -0.25) is 0 Å². The Balaban J connectivity index is 1.15. The molecule has 0 spiro atoms. The van der Waals surface area contributed by atoms with Crippen LogP contribution in [0, 0.1) is 36.0 Å². The van der Waals surface area contributed by atoms with Gasteiger partial charge in [0.05, 0.1) is 22.8 Å². The molecule has 4 aliphatic carbocycles. The minimum absolute atomic E-state index is 0.315. The zero-order valence-electron chi connectivity index (χ0n) is 28.5. The summed E-state index contributed by atoms with van der Waals surface area (Å²) in [6.45, 7) is 5.88. The number of rotatable bonds is 6. The molecule has 0 saturated heterocycles. The van der Waals surface area contributed by atoms with E-state index in [-0.39, 0.29) is 0 Å². The number of para-hydroxylation sites is 2. The van der Waals surface area contributed by atoms with Crippen LogP contribution in [-0.2, 0) is 5.41 Å². The number of nitriles is 1. The van der Waals surface area contributed by atoms with Gasteiger partial charge in [-0.2, -0.15) is 5.26 Å². The molecule has 4 fully saturated rings. The van der Waals surface area contributed by atoms with Crippen molar-refractivity contribution < 1.29 is 8.83 Å². The Morgan fingerprint density at radius 1 is 0.745 bits per heavy atom. The summed E-state index contributed by atoms with van der Waals surface area (Å²) in [5, 5.41) is 12.4. The maximum absolute atomic E-state index is 9.58. The van der Waals surface area contributed by atoms with Crippen molar-refractivity contribution in [3.8, 4) is 40.2 Å². The molecule has 4 saturated carbocycles. The molecule has 0 amide bonds. The summed E-state index contributed by atoms with van der Waals surface area (Å²) in [7, 11) is 0. The highest BCUT2D eigenvalue weighted by atomic mass is 16.3. The van der Waals surface area contributed by atoms with Crippen molar-refractivity contribution in [3.63, 3.8) is 0 Å². The van der Waals surface area contributed by atoms with E-state index >= 15 is 0 Å². The lowest BCUT2D eigenvalue weighted by Crippen LogP contribution is -2.48. The van der Waals surface area contributed by atoms with Gasteiger partial charge in [0, 0.05) is 27.3 Å². The van der Waals surface area contributed by atoms with Crippen molar-refractivity contribution in [2.24, 2.45) is 17.8 Å². The smallest absolute Gasteiger partial charge is 0.167 e. The number of nitrogens with zero attached hydrogens (tertiary/aromatic N) is 4. The maximum atomic E-state index is 9.58. The van der Waals surface area contributed by atoms with Gasteiger partial charge in [-0.1, -0.05) is 67.3 Å². The summed E-state index contributed by atoms with van der Waals surface area (Å²) in [5.41, 5.74) is 8.02. The van der Waals surface area contributed by atoms with Crippen LogP contribution in [0.2, 0.25) is 0 Å². The largest absolute Gasteiger partial charge is 0.456 e. The SMILES string of the molecule is C=C/C=C\c1oc2c(-c3nc(-c4ccc(C56CC7CC(CC(C7)C5)C6)cc4)nc(-c4cccc5c4oc4ccc(C#N)cc45)n3)cccc2c1C. The predicted octanol–water partition coefficient (Wildman–Crippen LogP) is 11.4. The zero-order chi connectivity index (χ0) is 34.3. The topological polar surface area (TPSA) is 88.7 Å². The van der Waals surface area contributed by atoms with Crippen molar-refractivity contribution in [1.82, 2.24) is 15.0 Å². The lowest BCUT2D eigenvalue weighted by Gasteiger charge is -2.57. The van der Waals surface area contributed by atoms with Gasteiger partial charge in [0.2, 0.25) is 0 Å². The standard InChI is InChI=1S/C45H36N4O2/c1-3-4-11-38-26(2)33-7-5-9-35(40(33)50-38)43-47-42(31-13-15-32(16-14-31)45-22-28-18-29(23-45)20-30(19-28)24-45)48-44(49-43)36-10-6-8-34-37-21-27(25-46)12-17-39(37)51-41(34)36/h3-17,21,28-30H,1,18-20,22-24H2,2H3/b11-4-. The number of benzene rings is 4. The Morgan fingerprint density at radius 2 is 1.37 bits per heavy atom. The highest BCUT2D eigenvalue weighted by molar-refractivity contribution is 6.09. The molecule has 248 valence electrons. The van der Waals surface area contributed by atoms with Crippen LogP contribution in [0.3, 0.4) is 0 Å². The molecule has 0 N–H and O–H groups in total. The summed E-state index contributed by atoms with van der Waals surface area (Å²) in [6, 6.07) is 29.0. The number of hydrogen-bond acceptors (Lipinski definition) is 6. The summed E-state index contributed by atoms with van der Waals surface area (Å²) in [5.74, 6) is 5.07. The van der Waals surface area contributed by atoms with Gasteiger partial charge in [0.1, 0.15) is 22.5 Å². The van der Waals surface area contributed by atoms with Gasteiger partial charge in [-0.25, -0.2) is 15.0 Å². The molecule has 3 aromatic heterocycles. The van der Waals surface area contributed by atoms with Gasteiger partial charge in [0.25, 0.3) is 0 Å². The summed E-state index contributed by atoms with van der Waals surface area (Å²) < 4.78 is 12.9. The van der Waals surface area contributed by atoms with Gasteiger partial charge >= 0.3 is 0 Å². The lowest BCUT2D eigenvalue weighted by atomic mass is 9.48. The van der Waals surface area contributed by atoms with Crippen LogP contribution in [0.4, 0.5) is 0 Å². The molecule has 0 atom stereocenters. The third-order valence-corrected chi connectivity index (χ3v) is 11.9. The first-order valence-corrected chi connectivity index (χ1v) is 18.0. The highest BCUT2D eigenvalue weighted by Gasteiger charge is 2.51. The van der Waals surface area contributed by atoms with E-state index in [1.807, 2.05) is 54.6 Å². The first kappa shape index (κ1) is 30.1. The number of fused-ring (bicyclic) bond motifs is 4. The molecule has 0 unspecified atom stereocenters. The van der Waals surface area contributed by atoms with E-state index in [2.05, 4.69) is 49.9 Å². The minimum atomic E-state index is 0.315. The lowest BCUT2D eigenvalue weighted by molar-refractivity contribution is -0.00518. The Labute approximate surface area is 296 Å². The van der Waals surface area contributed by atoms with Crippen LogP contribution in [-0.4, -0.2) is 15.0 Å². The average Bonchev–Trinajstić information content (AvgIpc) is 3.69. The molecule has 7 aromatic rings. The van der Waals surface area contributed by atoms with Gasteiger partial charge in [-0.15, -0.1) is 0 Å². The Kier molecular flexibility index (Phi) is 6.70. The molecule has 3 heterocycles. The fourth-order valence-corrected chi connectivity index (χ4v) is 9.98. The highest BCUT2D eigenvalue weighted by Crippen LogP contribution is 2.60. The second-order valence-electron chi connectivity index (χ2n) is 15.1. The molecule has 6 nitrogen and oxygen atoms in total. The van der Waals surface area contributed by atoms with Crippen LogP contribution in [0.5, 0.6) is 0 Å². The third kappa shape index (κ3) is 4.79. The van der Waals surface area contributed by atoms with Gasteiger partial charge in [-0.05, 0) is 111 Å². The number of hydrogen-bond donors (Lipinski definition) is 0. The maximum Gasteiger partial charge on any atom is 0.167 e. The molecule has 0 aliphatic heterocycles. The zero-order valence-corrected chi connectivity index (χ0v) is 28.5. The minimum Gasteiger partial charge on any atom is -0.456 e. The molecule has 4 bridgehead atoms. The molecule has 11 rings (SSSR count). The molecular formula is C45H36N4O2. The summed E-state index contributed by atoms with van der Waals surface area (Å²) in [4.78, 5) is 15.4. The first-order valence-electron chi connectivity index (χ1n) is 18.0. The van der Waals surface area contributed by atoms with Crippen molar-refractivity contribution in [3.05, 3.63) is 120 Å². The number of furan rings is 2. The van der Waals surface area contributed by atoms with E-state index in [0.717, 1.165) is 67.5 Å². The second kappa shape index (κ2) is 11.4. The monoisotopic (exact) mass is 664 g/mol. The van der Waals surface area contributed by atoms with Crippen LogP contribution >= 0.6 is 0 Å². The van der Waals surface area contributed by atoms with E-state index in [0.29, 0.717) is 39.6 Å². The van der Waals surface area contributed by atoms with E-state index in [4.69, 9.17) is 23.8 Å². The third-order valence-electron chi connectivity index (χ3n) is 11.9. The molecule has 51 heavy (non-hydrogen) atoms. The fourth-order valence-electron chi connectivity index (χ4n) is 9.98. The quantitative estimate of drug-likeness (QED) is 0.164. The van der Waals surface area contributed by atoms with Gasteiger partial charge in [0.15, 0.2) is 17.5 Å². The fraction of sp³-hybridized carbons (Fsp3) is 0.244. The van der Waals surface area contributed by atoms with Crippen LogP contribution in [0.15, 0.2) is 106 Å². The van der Waals surface area contributed by atoms with E-state index < -0.39 is 0 Å². The number of aromatic nitrogens is 3. The van der Waals surface area contributed by atoms with Crippen molar-refractivity contribution >= 4 is 39.0 Å². The number of aryl methyl sites for hydroxylation is 1. The number of allylic oxidation sites excluding steroid dienone is 2.